The monoisotopic (exact) mass is 412 g/mol. The fourth-order valence-corrected chi connectivity index (χ4v) is 4.68. The van der Waals surface area contributed by atoms with Gasteiger partial charge >= 0.3 is 0 Å². The number of rotatable bonds is 6. The van der Waals surface area contributed by atoms with E-state index in [1.165, 1.54) is 65.9 Å². The molecule has 0 N–H and O–H groups in total. The van der Waals surface area contributed by atoms with Crippen LogP contribution < -0.4 is 4.90 Å². The Hall–Kier alpha value is -2.75. The maximum atomic E-state index is 4.93. The van der Waals surface area contributed by atoms with Gasteiger partial charge in [-0.15, -0.1) is 0 Å². The normalized spacial score (nSPS) is 16.5. The van der Waals surface area contributed by atoms with Crippen molar-refractivity contribution in [2.24, 2.45) is 0 Å². The van der Waals surface area contributed by atoms with E-state index in [0.29, 0.717) is 5.92 Å². The van der Waals surface area contributed by atoms with Gasteiger partial charge in [0.15, 0.2) is 0 Å². The minimum absolute atomic E-state index is 0.653. The van der Waals surface area contributed by atoms with Gasteiger partial charge < -0.3 is 4.90 Å². The van der Waals surface area contributed by atoms with Gasteiger partial charge in [0.25, 0.3) is 0 Å². The summed E-state index contributed by atoms with van der Waals surface area (Å²) in [5.41, 5.74) is 9.54. The van der Waals surface area contributed by atoms with E-state index in [9.17, 15) is 0 Å². The van der Waals surface area contributed by atoms with E-state index < -0.39 is 0 Å². The van der Waals surface area contributed by atoms with Gasteiger partial charge in [0.05, 0.1) is 11.4 Å². The molecule has 0 bridgehead atoms. The summed E-state index contributed by atoms with van der Waals surface area (Å²) in [6, 6.07) is 8.99. The molecule has 4 heterocycles. The van der Waals surface area contributed by atoms with E-state index in [4.69, 9.17) is 9.97 Å². The third-order valence-corrected chi connectivity index (χ3v) is 6.64. The van der Waals surface area contributed by atoms with E-state index in [-0.39, 0.29) is 0 Å². The smallest absolute Gasteiger partial charge is 0.0637 e. The Morgan fingerprint density at radius 3 is 2.48 bits per heavy atom. The van der Waals surface area contributed by atoms with Crippen molar-refractivity contribution in [1.82, 2.24) is 15.0 Å². The highest BCUT2D eigenvalue weighted by atomic mass is 15.1. The Kier molecular flexibility index (Phi) is 5.71. The van der Waals surface area contributed by atoms with Gasteiger partial charge in [-0.2, -0.15) is 0 Å². The molecule has 4 heteroatoms. The standard InChI is InChI=1S/C27H32N4/c1-3-7-25-27(31-12-5-4-6-13-31)16-23(18-30-25)24-14-22(17-29-19(24)2)21-10-11-28-26(15-21)20-8-9-20/h10-11,14-18,20H,3-9,12-13H2,1-2H3. The van der Waals surface area contributed by atoms with Crippen LogP contribution in [0.15, 0.2) is 42.9 Å². The van der Waals surface area contributed by atoms with Crippen molar-refractivity contribution in [1.29, 1.82) is 0 Å². The van der Waals surface area contributed by atoms with Crippen LogP contribution in [0.1, 0.15) is 68.4 Å². The maximum absolute atomic E-state index is 4.93. The molecule has 2 aliphatic rings. The summed E-state index contributed by atoms with van der Waals surface area (Å²) in [4.78, 5) is 16.8. The van der Waals surface area contributed by atoms with Crippen molar-refractivity contribution in [3.05, 3.63) is 59.9 Å². The van der Waals surface area contributed by atoms with E-state index in [1.807, 2.05) is 12.4 Å². The fraction of sp³-hybridized carbons (Fsp3) is 0.444. The molecule has 1 saturated heterocycles. The molecule has 0 unspecified atom stereocenters. The summed E-state index contributed by atoms with van der Waals surface area (Å²) in [5, 5.41) is 0. The fourth-order valence-electron chi connectivity index (χ4n) is 4.68. The largest absolute Gasteiger partial charge is 0.370 e. The second kappa shape index (κ2) is 8.78. The molecule has 1 aliphatic carbocycles. The van der Waals surface area contributed by atoms with Gasteiger partial charge in [-0.25, -0.2) is 0 Å². The Labute approximate surface area is 185 Å². The molecule has 1 aliphatic heterocycles. The van der Waals surface area contributed by atoms with Crippen molar-refractivity contribution >= 4 is 5.69 Å². The SMILES string of the molecule is CCCc1ncc(-c2cc(-c3ccnc(C4CC4)c3)cnc2C)cc1N1CCCCC1. The van der Waals surface area contributed by atoms with Crippen LogP contribution in [0.4, 0.5) is 5.69 Å². The molecule has 3 aromatic rings. The Morgan fingerprint density at radius 1 is 0.903 bits per heavy atom. The topological polar surface area (TPSA) is 41.9 Å². The zero-order valence-electron chi connectivity index (χ0n) is 18.8. The van der Waals surface area contributed by atoms with Crippen LogP contribution in [0.2, 0.25) is 0 Å². The first-order valence-electron chi connectivity index (χ1n) is 11.9. The first kappa shape index (κ1) is 20.2. The predicted molar refractivity (Wildman–Crippen MR) is 127 cm³/mol. The summed E-state index contributed by atoms with van der Waals surface area (Å²) < 4.78 is 0. The highest BCUT2D eigenvalue weighted by Crippen LogP contribution is 2.40. The lowest BCUT2D eigenvalue weighted by molar-refractivity contribution is 0.575. The van der Waals surface area contributed by atoms with E-state index >= 15 is 0 Å². The van der Waals surface area contributed by atoms with Crippen molar-refractivity contribution in [3.63, 3.8) is 0 Å². The number of hydrogen-bond donors (Lipinski definition) is 0. The second-order valence-electron chi connectivity index (χ2n) is 9.09. The van der Waals surface area contributed by atoms with Gasteiger partial charge in [0.1, 0.15) is 0 Å². The number of anilines is 1. The Bertz CT molecular complexity index is 1060. The summed E-state index contributed by atoms with van der Waals surface area (Å²) >= 11 is 0. The minimum Gasteiger partial charge on any atom is -0.370 e. The van der Waals surface area contributed by atoms with Crippen LogP contribution in [0.3, 0.4) is 0 Å². The summed E-state index contributed by atoms with van der Waals surface area (Å²) in [6.45, 7) is 6.61. The zero-order chi connectivity index (χ0) is 21.2. The Balaban J connectivity index is 1.53. The molecule has 0 spiro atoms. The summed E-state index contributed by atoms with van der Waals surface area (Å²) in [5.74, 6) is 0.653. The van der Waals surface area contributed by atoms with Crippen LogP contribution in [-0.4, -0.2) is 28.0 Å². The molecule has 2 fully saturated rings. The third kappa shape index (κ3) is 4.34. The van der Waals surface area contributed by atoms with Crippen LogP contribution in [0, 0.1) is 6.92 Å². The first-order chi connectivity index (χ1) is 15.2. The van der Waals surface area contributed by atoms with Gasteiger partial charge in [0.2, 0.25) is 0 Å². The molecular weight excluding hydrogens is 380 g/mol. The summed E-state index contributed by atoms with van der Waals surface area (Å²) in [6.07, 6.45) is 14.6. The third-order valence-electron chi connectivity index (χ3n) is 6.64. The van der Waals surface area contributed by atoms with E-state index in [1.54, 1.807) is 0 Å². The lowest BCUT2D eigenvalue weighted by Gasteiger charge is -2.30. The minimum atomic E-state index is 0.653. The van der Waals surface area contributed by atoms with E-state index in [0.717, 1.165) is 37.2 Å². The van der Waals surface area contributed by atoms with Crippen molar-refractivity contribution in [2.45, 2.75) is 64.7 Å². The molecule has 5 rings (SSSR count). The van der Waals surface area contributed by atoms with Gasteiger partial charge in [0, 0.05) is 65.7 Å². The Morgan fingerprint density at radius 2 is 1.71 bits per heavy atom. The molecule has 160 valence electrons. The number of hydrogen-bond acceptors (Lipinski definition) is 4. The highest BCUT2D eigenvalue weighted by Gasteiger charge is 2.25. The van der Waals surface area contributed by atoms with Crippen molar-refractivity contribution in [3.8, 4) is 22.3 Å². The predicted octanol–water partition coefficient (Wildman–Crippen LogP) is 6.33. The molecule has 31 heavy (non-hydrogen) atoms. The van der Waals surface area contributed by atoms with Crippen molar-refractivity contribution < 1.29 is 0 Å². The lowest BCUT2D eigenvalue weighted by atomic mass is 9.98. The number of aryl methyl sites for hydroxylation is 2. The quantitative estimate of drug-likeness (QED) is 0.474. The molecule has 3 aromatic heterocycles. The van der Waals surface area contributed by atoms with Crippen LogP contribution >= 0.6 is 0 Å². The number of piperidine rings is 1. The average Bonchev–Trinajstić information content (AvgIpc) is 3.66. The molecule has 1 saturated carbocycles. The molecule has 0 radical (unpaired) electrons. The highest BCUT2D eigenvalue weighted by molar-refractivity contribution is 5.76. The lowest BCUT2D eigenvalue weighted by Crippen LogP contribution is -2.30. The van der Waals surface area contributed by atoms with Gasteiger partial charge in [-0.05, 0) is 75.3 Å². The molecular formula is C27H32N4. The van der Waals surface area contributed by atoms with Crippen LogP contribution in [-0.2, 0) is 6.42 Å². The van der Waals surface area contributed by atoms with Crippen molar-refractivity contribution in [2.75, 3.05) is 18.0 Å². The van der Waals surface area contributed by atoms with Gasteiger partial charge in [-0.1, -0.05) is 13.3 Å². The van der Waals surface area contributed by atoms with Gasteiger partial charge in [-0.3, -0.25) is 15.0 Å². The van der Waals surface area contributed by atoms with E-state index in [2.05, 4.69) is 54.2 Å². The first-order valence-corrected chi connectivity index (χ1v) is 11.9. The molecule has 0 amide bonds. The summed E-state index contributed by atoms with van der Waals surface area (Å²) in [7, 11) is 0. The maximum Gasteiger partial charge on any atom is 0.0637 e. The second-order valence-corrected chi connectivity index (χ2v) is 9.09. The number of pyridine rings is 3. The van der Waals surface area contributed by atoms with Crippen LogP contribution in [0.25, 0.3) is 22.3 Å². The number of nitrogens with zero attached hydrogens (tertiary/aromatic N) is 4. The molecule has 0 atom stereocenters. The zero-order valence-corrected chi connectivity index (χ0v) is 18.8. The molecule has 0 aromatic carbocycles. The van der Waals surface area contributed by atoms with Crippen LogP contribution in [0.5, 0.6) is 0 Å². The average molecular weight is 413 g/mol. The molecule has 4 nitrogen and oxygen atoms in total. The number of aromatic nitrogens is 3.